The van der Waals surface area contributed by atoms with Gasteiger partial charge in [0.1, 0.15) is 5.82 Å². The zero-order valence-electron chi connectivity index (χ0n) is 9.44. The molecule has 88 valence electrons. The minimum Gasteiger partial charge on any atom is -0.378 e. The SMILES string of the molecule is Cc1cc(C2COCCN2)c(C)c(F)c1Br. The molecule has 1 aliphatic heterocycles. The third-order valence-electron chi connectivity index (χ3n) is 2.97. The fraction of sp³-hybridized carbons (Fsp3) is 0.500. The number of morpholine rings is 1. The van der Waals surface area contributed by atoms with E-state index in [1.165, 1.54) is 0 Å². The molecule has 0 saturated carbocycles. The minimum absolute atomic E-state index is 0.107. The van der Waals surface area contributed by atoms with Gasteiger partial charge in [0.25, 0.3) is 0 Å². The Morgan fingerprint density at radius 1 is 1.50 bits per heavy atom. The molecule has 1 aromatic carbocycles. The summed E-state index contributed by atoms with van der Waals surface area (Å²) in [5, 5.41) is 3.34. The molecule has 4 heteroatoms. The molecule has 1 atom stereocenters. The number of halogens is 2. The second-order valence-electron chi connectivity index (χ2n) is 4.12. The molecule has 1 fully saturated rings. The third-order valence-corrected chi connectivity index (χ3v) is 3.94. The van der Waals surface area contributed by atoms with E-state index in [1.807, 2.05) is 19.9 Å². The van der Waals surface area contributed by atoms with E-state index >= 15 is 0 Å². The van der Waals surface area contributed by atoms with Crippen molar-refractivity contribution in [2.75, 3.05) is 19.8 Å². The maximum absolute atomic E-state index is 13.9. The largest absolute Gasteiger partial charge is 0.378 e. The van der Waals surface area contributed by atoms with Crippen molar-refractivity contribution in [1.29, 1.82) is 0 Å². The topological polar surface area (TPSA) is 21.3 Å². The van der Waals surface area contributed by atoms with Crippen LogP contribution in [0.4, 0.5) is 4.39 Å². The molecule has 0 aromatic heterocycles. The first-order valence-corrected chi connectivity index (χ1v) is 6.16. The van der Waals surface area contributed by atoms with Crippen LogP contribution >= 0.6 is 15.9 Å². The maximum Gasteiger partial charge on any atom is 0.140 e. The number of benzene rings is 1. The molecule has 0 radical (unpaired) electrons. The van der Waals surface area contributed by atoms with Gasteiger partial charge in [0.05, 0.1) is 23.7 Å². The lowest BCUT2D eigenvalue weighted by Crippen LogP contribution is -2.35. The lowest BCUT2D eigenvalue weighted by Gasteiger charge is -2.26. The van der Waals surface area contributed by atoms with Gasteiger partial charge in [-0.1, -0.05) is 6.07 Å². The minimum atomic E-state index is -0.164. The number of hydrogen-bond donors (Lipinski definition) is 1. The molecule has 16 heavy (non-hydrogen) atoms. The van der Waals surface area contributed by atoms with Crippen LogP contribution in [0, 0.1) is 19.7 Å². The highest BCUT2D eigenvalue weighted by molar-refractivity contribution is 9.10. The van der Waals surface area contributed by atoms with Gasteiger partial charge in [-0.15, -0.1) is 0 Å². The van der Waals surface area contributed by atoms with Gasteiger partial charge in [0.15, 0.2) is 0 Å². The summed E-state index contributed by atoms with van der Waals surface area (Å²) in [6.45, 7) is 5.88. The number of rotatable bonds is 1. The van der Waals surface area contributed by atoms with Crippen LogP contribution in [-0.2, 0) is 4.74 Å². The van der Waals surface area contributed by atoms with E-state index in [-0.39, 0.29) is 11.9 Å². The van der Waals surface area contributed by atoms with E-state index in [1.54, 1.807) is 0 Å². The molecular formula is C12H15BrFNO. The Kier molecular flexibility index (Phi) is 3.62. The summed E-state index contributed by atoms with van der Waals surface area (Å²) in [6, 6.07) is 2.13. The summed E-state index contributed by atoms with van der Waals surface area (Å²) in [5.41, 5.74) is 2.61. The van der Waals surface area contributed by atoms with Gasteiger partial charge in [0, 0.05) is 6.54 Å². The highest BCUT2D eigenvalue weighted by Gasteiger charge is 2.20. The fourth-order valence-electron chi connectivity index (χ4n) is 2.00. The fourth-order valence-corrected chi connectivity index (χ4v) is 2.41. The summed E-state index contributed by atoms with van der Waals surface area (Å²) in [4.78, 5) is 0. The van der Waals surface area contributed by atoms with E-state index in [0.29, 0.717) is 16.6 Å². The van der Waals surface area contributed by atoms with E-state index in [0.717, 1.165) is 24.3 Å². The summed E-state index contributed by atoms with van der Waals surface area (Å²) in [7, 11) is 0. The van der Waals surface area contributed by atoms with Crippen molar-refractivity contribution in [3.05, 3.63) is 33.0 Å². The Bertz CT molecular complexity index is 402. The van der Waals surface area contributed by atoms with Gasteiger partial charge in [0.2, 0.25) is 0 Å². The first-order valence-electron chi connectivity index (χ1n) is 5.37. The standard InChI is InChI=1S/C12H15BrFNO/c1-7-5-9(8(2)12(14)11(7)13)10-6-16-4-3-15-10/h5,10,15H,3-4,6H2,1-2H3. The monoisotopic (exact) mass is 287 g/mol. The van der Waals surface area contributed by atoms with Crippen LogP contribution in [0.3, 0.4) is 0 Å². The zero-order valence-corrected chi connectivity index (χ0v) is 11.0. The molecule has 0 aliphatic carbocycles. The van der Waals surface area contributed by atoms with Crippen molar-refractivity contribution in [1.82, 2.24) is 5.32 Å². The van der Waals surface area contributed by atoms with Gasteiger partial charge in [-0.3, -0.25) is 0 Å². The van der Waals surface area contributed by atoms with Crippen LogP contribution in [0.25, 0.3) is 0 Å². The Labute approximate surface area is 103 Å². The van der Waals surface area contributed by atoms with Gasteiger partial charge in [-0.05, 0) is 46.5 Å². The molecular weight excluding hydrogens is 273 g/mol. The molecule has 1 saturated heterocycles. The van der Waals surface area contributed by atoms with Crippen LogP contribution < -0.4 is 5.32 Å². The summed E-state index contributed by atoms with van der Waals surface area (Å²) >= 11 is 3.26. The lowest BCUT2D eigenvalue weighted by atomic mass is 9.98. The Morgan fingerprint density at radius 3 is 2.88 bits per heavy atom. The molecule has 0 bridgehead atoms. The van der Waals surface area contributed by atoms with E-state index in [2.05, 4.69) is 21.2 Å². The van der Waals surface area contributed by atoms with Gasteiger partial charge in [-0.2, -0.15) is 0 Å². The van der Waals surface area contributed by atoms with Crippen LogP contribution in [0.15, 0.2) is 10.5 Å². The quantitative estimate of drug-likeness (QED) is 0.858. The predicted octanol–water partition coefficient (Wildman–Crippen LogP) is 2.87. The van der Waals surface area contributed by atoms with E-state index in [9.17, 15) is 4.39 Å². The van der Waals surface area contributed by atoms with Crippen LogP contribution in [-0.4, -0.2) is 19.8 Å². The van der Waals surface area contributed by atoms with Gasteiger partial charge in [-0.25, -0.2) is 4.39 Å². The zero-order chi connectivity index (χ0) is 11.7. The highest BCUT2D eigenvalue weighted by Crippen LogP contribution is 2.29. The summed E-state index contributed by atoms with van der Waals surface area (Å²) < 4.78 is 19.9. The molecule has 1 aromatic rings. The smallest absolute Gasteiger partial charge is 0.140 e. The maximum atomic E-state index is 13.9. The Morgan fingerprint density at radius 2 is 2.25 bits per heavy atom. The number of nitrogens with one attached hydrogen (secondary N) is 1. The molecule has 1 heterocycles. The number of aryl methyl sites for hydroxylation is 1. The molecule has 0 amide bonds. The van der Waals surface area contributed by atoms with Crippen LogP contribution in [0.5, 0.6) is 0 Å². The number of ether oxygens (including phenoxy) is 1. The van der Waals surface area contributed by atoms with Crippen molar-refractivity contribution in [2.24, 2.45) is 0 Å². The molecule has 1 unspecified atom stereocenters. The molecule has 1 aliphatic rings. The first kappa shape index (κ1) is 12.0. The van der Waals surface area contributed by atoms with Gasteiger partial charge < -0.3 is 10.1 Å². The van der Waals surface area contributed by atoms with Crippen molar-refractivity contribution in [2.45, 2.75) is 19.9 Å². The van der Waals surface area contributed by atoms with Crippen molar-refractivity contribution >= 4 is 15.9 Å². The average Bonchev–Trinajstić information content (AvgIpc) is 2.32. The summed E-state index contributed by atoms with van der Waals surface area (Å²) in [5.74, 6) is -0.164. The van der Waals surface area contributed by atoms with Crippen molar-refractivity contribution < 1.29 is 9.13 Å². The Hall–Kier alpha value is -0.450. The summed E-state index contributed by atoms with van der Waals surface area (Å²) in [6.07, 6.45) is 0. The van der Waals surface area contributed by atoms with E-state index in [4.69, 9.17) is 4.74 Å². The lowest BCUT2D eigenvalue weighted by molar-refractivity contribution is 0.0765. The third kappa shape index (κ3) is 2.14. The number of hydrogen-bond acceptors (Lipinski definition) is 2. The molecule has 2 nitrogen and oxygen atoms in total. The predicted molar refractivity (Wildman–Crippen MR) is 65.1 cm³/mol. The van der Waals surface area contributed by atoms with Crippen LogP contribution in [0.1, 0.15) is 22.7 Å². The molecule has 2 rings (SSSR count). The van der Waals surface area contributed by atoms with Crippen molar-refractivity contribution in [3.63, 3.8) is 0 Å². The second-order valence-corrected chi connectivity index (χ2v) is 4.91. The normalized spacial score (nSPS) is 21.1. The first-order chi connectivity index (χ1) is 7.61. The second kappa shape index (κ2) is 4.82. The molecule has 1 N–H and O–H groups in total. The van der Waals surface area contributed by atoms with Crippen LogP contribution in [0.2, 0.25) is 0 Å². The van der Waals surface area contributed by atoms with Gasteiger partial charge >= 0.3 is 0 Å². The molecule has 0 spiro atoms. The Balaban J connectivity index is 2.40. The van der Waals surface area contributed by atoms with E-state index < -0.39 is 0 Å². The average molecular weight is 288 g/mol. The van der Waals surface area contributed by atoms with Crippen molar-refractivity contribution in [3.8, 4) is 0 Å². The highest BCUT2D eigenvalue weighted by atomic mass is 79.9.